The Balaban J connectivity index is 1.64. The maximum Gasteiger partial charge on any atom is 0.335 e. The van der Waals surface area contributed by atoms with Crippen molar-refractivity contribution in [3.05, 3.63) is 47.1 Å². The van der Waals surface area contributed by atoms with Gasteiger partial charge in [-0.2, -0.15) is 4.98 Å². The molecule has 1 unspecified atom stereocenters. The number of piperidine rings is 1. The van der Waals surface area contributed by atoms with E-state index >= 15 is 0 Å². The van der Waals surface area contributed by atoms with Gasteiger partial charge in [-0.3, -0.25) is 4.90 Å². The van der Waals surface area contributed by atoms with Crippen LogP contribution in [0.25, 0.3) is 0 Å². The quantitative estimate of drug-likeness (QED) is 0.907. The van der Waals surface area contributed by atoms with Crippen LogP contribution in [0.3, 0.4) is 0 Å². The van der Waals surface area contributed by atoms with E-state index in [-0.39, 0.29) is 5.92 Å². The Morgan fingerprint density at radius 2 is 2.12 bits per heavy atom. The first-order valence-corrected chi connectivity index (χ1v) is 8.41. The summed E-state index contributed by atoms with van der Waals surface area (Å²) in [7, 11) is 0. The van der Waals surface area contributed by atoms with Gasteiger partial charge >= 0.3 is 5.97 Å². The van der Waals surface area contributed by atoms with Crippen LogP contribution in [0.5, 0.6) is 0 Å². The summed E-state index contributed by atoms with van der Waals surface area (Å²) < 4.78 is 5.34. The number of rotatable bonds is 5. The lowest BCUT2D eigenvalue weighted by atomic mass is 9.90. The third-order valence-corrected chi connectivity index (χ3v) is 4.49. The number of hydrogen-bond acceptors (Lipinski definition) is 5. The second-order valence-corrected chi connectivity index (χ2v) is 6.70. The maximum atomic E-state index is 11.0. The lowest BCUT2D eigenvalue weighted by Gasteiger charge is -2.32. The van der Waals surface area contributed by atoms with Gasteiger partial charge in [0.1, 0.15) is 0 Å². The largest absolute Gasteiger partial charge is 0.478 e. The minimum atomic E-state index is -0.885. The van der Waals surface area contributed by atoms with Crippen LogP contribution in [-0.4, -0.2) is 39.2 Å². The minimum absolute atomic E-state index is 0.268. The van der Waals surface area contributed by atoms with Crippen LogP contribution >= 0.6 is 0 Å². The molecule has 6 heteroatoms. The van der Waals surface area contributed by atoms with E-state index in [2.05, 4.69) is 15.0 Å². The fourth-order valence-electron chi connectivity index (χ4n) is 3.13. The molecule has 0 aliphatic carbocycles. The summed E-state index contributed by atoms with van der Waals surface area (Å²) in [6.45, 7) is 6.71. The summed E-state index contributed by atoms with van der Waals surface area (Å²) in [5, 5.41) is 13.0. The number of likely N-dealkylation sites (tertiary alicyclic amines) is 1. The molecule has 1 aliphatic rings. The monoisotopic (exact) mass is 329 g/mol. The first kappa shape index (κ1) is 16.6. The molecule has 128 valence electrons. The molecule has 1 N–H and O–H groups in total. The van der Waals surface area contributed by atoms with Gasteiger partial charge in [0.2, 0.25) is 5.89 Å². The molecule has 3 rings (SSSR count). The van der Waals surface area contributed by atoms with Crippen LogP contribution < -0.4 is 0 Å². The zero-order valence-corrected chi connectivity index (χ0v) is 14.1. The lowest BCUT2D eigenvalue weighted by Crippen LogP contribution is -2.34. The molecule has 0 amide bonds. The Morgan fingerprint density at radius 3 is 2.75 bits per heavy atom. The molecule has 0 spiro atoms. The van der Waals surface area contributed by atoms with Crippen LogP contribution in [0.1, 0.15) is 66.2 Å². The number of carbonyl (C=O) groups is 1. The van der Waals surface area contributed by atoms with E-state index in [1.165, 1.54) is 5.56 Å². The third kappa shape index (κ3) is 3.82. The zero-order valence-electron chi connectivity index (χ0n) is 14.1. The summed E-state index contributed by atoms with van der Waals surface area (Å²) >= 11 is 0. The Morgan fingerprint density at radius 1 is 1.38 bits per heavy atom. The average molecular weight is 329 g/mol. The molecule has 24 heavy (non-hydrogen) atoms. The van der Waals surface area contributed by atoms with Gasteiger partial charge in [0.25, 0.3) is 0 Å². The van der Waals surface area contributed by atoms with Crippen molar-refractivity contribution >= 4 is 5.97 Å². The van der Waals surface area contributed by atoms with Crippen molar-refractivity contribution in [2.24, 2.45) is 0 Å². The summed E-state index contributed by atoms with van der Waals surface area (Å²) in [6, 6.07) is 7.23. The number of benzene rings is 1. The average Bonchev–Trinajstić information content (AvgIpc) is 3.04. The topological polar surface area (TPSA) is 79.5 Å². The molecule has 1 saturated heterocycles. The molecular formula is C18H23N3O3. The second-order valence-electron chi connectivity index (χ2n) is 6.70. The standard InChI is InChI=1S/C18H23N3O3/c1-12(2)17-19-16(24-20-17)11-21-9-3-4-15(10-21)13-5-7-14(8-6-13)18(22)23/h5-8,12,15H,3-4,9-11H2,1-2H3,(H,22,23). The van der Waals surface area contributed by atoms with Gasteiger partial charge in [-0.15, -0.1) is 0 Å². The van der Waals surface area contributed by atoms with E-state index in [0.29, 0.717) is 23.9 Å². The number of aromatic carboxylic acids is 1. The molecule has 1 aromatic carbocycles. The molecule has 2 aromatic rings. The van der Waals surface area contributed by atoms with Gasteiger partial charge in [-0.25, -0.2) is 4.79 Å². The van der Waals surface area contributed by atoms with Gasteiger partial charge in [-0.1, -0.05) is 31.1 Å². The maximum absolute atomic E-state index is 11.0. The highest BCUT2D eigenvalue weighted by atomic mass is 16.5. The molecule has 2 heterocycles. The highest BCUT2D eigenvalue weighted by Crippen LogP contribution is 2.28. The third-order valence-electron chi connectivity index (χ3n) is 4.49. The minimum Gasteiger partial charge on any atom is -0.478 e. The number of aromatic nitrogens is 2. The van der Waals surface area contributed by atoms with E-state index in [4.69, 9.17) is 9.63 Å². The zero-order chi connectivity index (χ0) is 17.1. The molecule has 6 nitrogen and oxygen atoms in total. The van der Waals surface area contributed by atoms with Gasteiger partial charge < -0.3 is 9.63 Å². The van der Waals surface area contributed by atoms with E-state index in [1.54, 1.807) is 12.1 Å². The SMILES string of the molecule is CC(C)c1noc(CN2CCCC(c3ccc(C(=O)O)cc3)C2)n1. The van der Waals surface area contributed by atoms with Crippen LogP contribution in [0, 0.1) is 0 Å². The Kier molecular flexibility index (Phi) is 4.94. The predicted octanol–water partition coefficient (Wildman–Crippen LogP) is 3.27. The van der Waals surface area contributed by atoms with Gasteiger partial charge in [0, 0.05) is 12.5 Å². The van der Waals surface area contributed by atoms with E-state index in [1.807, 2.05) is 26.0 Å². The predicted molar refractivity (Wildman–Crippen MR) is 89.0 cm³/mol. The Bertz CT molecular complexity index is 694. The van der Waals surface area contributed by atoms with Crippen LogP contribution in [0.4, 0.5) is 0 Å². The first-order chi connectivity index (χ1) is 11.5. The van der Waals surface area contributed by atoms with Gasteiger partial charge in [-0.05, 0) is 43.0 Å². The van der Waals surface area contributed by atoms with Crippen molar-refractivity contribution in [3.8, 4) is 0 Å². The summed E-state index contributed by atoms with van der Waals surface area (Å²) in [4.78, 5) is 17.7. The summed E-state index contributed by atoms with van der Waals surface area (Å²) in [5.41, 5.74) is 1.52. The molecular weight excluding hydrogens is 306 g/mol. The molecule has 0 radical (unpaired) electrons. The molecule has 1 fully saturated rings. The summed E-state index contributed by atoms with van der Waals surface area (Å²) in [6.07, 6.45) is 2.22. The van der Waals surface area contributed by atoms with Gasteiger partial charge in [0.05, 0.1) is 12.1 Å². The molecule has 1 aliphatic heterocycles. The van der Waals surface area contributed by atoms with Crippen molar-refractivity contribution in [2.45, 2.75) is 45.1 Å². The van der Waals surface area contributed by atoms with Crippen molar-refractivity contribution in [2.75, 3.05) is 13.1 Å². The Hall–Kier alpha value is -2.21. The van der Waals surface area contributed by atoms with Crippen molar-refractivity contribution in [1.82, 2.24) is 15.0 Å². The van der Waals surface area contributed by atoms with Crippen LogP contribution in [0.15, 0.2) is 28.8 Å². The van der Waals surface area contributed by atoms with E-state index < -0.39 is 5.97 Å². The van der Waals surface area contributed by atoms with Crippen molar-refractivity contribution in [1.29, 1.82) is 0 Å². The Labute approximate surface area is 141 Å². The van der Waals surface area contributed by atoms with E-state index in [9.17, 15) is 4.79 Å². The molecule has 1 atom stereocenters. The fourth-order valence-corrected chi connectivity index (χ4v) is 3.13. The van der Waals surface area contributed by atoms with Crippen molar-refractivity contribution in [3.63, 3.8) is 0 Å². The number of nitrogens with zero attached hydrogens (tertiary/aromatic N) is 3. The normalized spacial score (nSPS) is 18.9. The molecule has 1 aromatic heterocycles. The van der Waals surface area contributed by atoms with Gasteiger partial charge in [0.15, 0.2) is 5.82 Å². The second kappa shape index (κ2) is 7.13. The summed E-state index contributed by atoms with van der Waals surface area (Å²) in [5.74, 6) is 1.21. The number of carboxylic acids is 1. The highest BCUT2D eigenvalue weighted by Gasteiger charge is 2.23. The number of hydrogen-bond donors (Lipinski definition) is 1. The van der Waals surface area contributed by atoms with Crippen LogP contribution in [-0.2, 0) is 6.54 Å². The smallest absolute Gasteiger partial charge is 0.335 e. The van der Waals surface area contributed by atoms with Crippen LogP contribution in [0.2, 0.25) is 0 Å². The molecule has 0 saturated carbocycles. The first-order valence-electron chi connectivity index (χ1n) is 8.41. The van der Waals surface area contributed by atoms with Crippen molar-refractivity contribution < 1.29 is 14.4 Å². The highest BCUT2D eigenvalue weighted by molar-refractivity contribution is 5.87. The molecule has 0 bridgehead atoms. The number of carboxylic acid groups (broad SMARTS) is 1. The lowest BCUT2D eigenvalue weighted by molar-refractivity contribution is 0.0697. The van der Waals surface area contributed by atoms with E-state index in [0.717, 1.165) is 31.8 Å². The fraction of sp³-hybridized carbons (Fsp3) is 0.500.